The number of carbonyl (C=O) groups is 1. The van der Waals surface area contributed by atoms with Crippen LogP contribution in [0.4, 0.5) is 0 Å². The zero-order valence-electron chi connectivity index (χ0n) is 14.8. The molecule has 0 aliphatic rings. The van der Waals surface area contributed by atoms with Crippen molar-refractivity contribution in [3.63, 3.8) is 0 Å². The molecule has 1 atom stereocenters. The molecule has 0 heterocycles. The van der Waals surface area contributed by atoms with Crippen molar-refractivity contribution in [1.29, 1.82) is 0 Å². The molecular formula is C19H40O3. The van der Waals surface area contributed by atoms with Crippen LogP contribution in [0.25, 0.3) is 0 Å². The van der Waals surface area contributed by atoms with E-state index in [2.05, 4.69) is 58.9 Å². The first-order valence-corrected chi connectivity index (χ1v) is 7.62. The summed E-state index contributed by atoms with van der Waals surface area (Å²) in [5, 5.41) is 12.0. The highest BCUT2D eigenvalue weighted by Crippen LogP contribution is 2.04. The van der Waals surface area contributed by atoms with Crippen LogP contribution in [0.15, 0.2) is 24.3 Å². The van der Waals surface area contributed by atoms with Crippen molar-refractivity contribution < 1.29 is 16.7 Å². The summed E-state index contributed by atoms with van der Waals surface area (Å²) in [6.45, 7) is 14.2. The standard InChI is InChI=1S/C8H10.C7H14O.C3H8.CH4.H2O2.H2/c1-7-4-3-5-8(2)6-7;1-4-5-6(2)7(3)8;1-3-2;;1-2;/h3-6H,1-2H3;6H,4-5H2,1-3H3;3H2,1-2H3;1H4;1-2H;1H. The minimum Gasteiger partial charge on any atom is -0.300 e. The molecule has 0 aliphatic carbocycles. The van der Waals surface area contributed by atoms with Gasteiger partial charge in [-0.05, 0) is 27.2 Å². The van der Waals surface area contributed by atoms with E-state index < -0.39 is 0 Å². The fraction of sp³-hybridized carbons (Fsp3) is 0.632. The second kappa shape index (κ2) is 22.1. The van der Waals surface area contributed by atoms with Crippen LogP contribution < -0.4 is 0 Å². The number of carbonyl (C=O) groups excluding carboxylic acids is 1. The summed E-state index contributed by atoms with van der Waals surface area (Å²) < 4.78 is 0. The van der Waals surface area contributed by atoms with Crippen LogP contribution in [-0.2, 0) is 4.79 Å². The van der Waals surface area contributed by atoms with Crippen LogP contribution in [0.5, 0.6) is 0 Å². The Morgan fingerprint density at radius 2 is 1.50 bits per heavy atom. The average Bonchev–Trinajstić information content (AvgIpc) is 2.42. The van der Waals surface area contributed by atoms with E-state index in [1.54, 1.807) is 6.92 Å². The lowest BCUT2D eigenvalue weighted by Gasteiger charge is -2.01. The monoisotopic (exact) mass is 316 g/mol. The number of aryl methyl sites for hydroxylation is 2. The SMILES string of the molecule is C.CCC.CCCC(C)C(C)=O.Cc1cccc(C)c1.OO.[HH]. The third-order valence-corrected chi connectivity index (χ3v) is 2.59. The minimum atomic E-state index is 0. The van der Waals surface area contributed by atoms with Gasteiger partial charge in [-0.25, -0.2) is 0 Å². The molecule has 0 saturated carbocycles. The first-order valence-electron chi connectivity index (χ1n) is 7.62. The Balaban J connectivity index is -0.0000000689. The minimum absolute atomic E-state index is 0. The predicted octanol–water partition coefficient (Wildman–Crippen LogP) is 6.63. The van der Waals surface area contributed by atoms with Crippen LogP contribution in [0.1, 0.15) is 73.9 Å². The van der Waals surface area contributed by atoms with Gasteiger partial charge in [-0.15, -0.1) is 0 Å². The number of Topliss-reactive ketones (excluding diaryl/α,β-unsaturated/α-hetero) is 1. The molecule has 1 aromatic rings. The Morgan fingerprint density at radius 3 is 1.64 bits per heavy atom. The molecule has 0 bridgehead atoms. The maximum absolute atomic E-state index is 10.5. The van der Waals surface area contributed by atoms with Gasteiger partial charge in [0.25, 0.3) is 0 Å². The molecule has 0 fully saturated rings. The highest BCUT2D eigenvalue weighted by atomic mass is 17.0. The van der Waals surface area contributed by atoms with Crippen LogP contribution in [-0.4, -0.2) is 16.3 Å². The molecule has 1 unspecified atom stereocenters. The third kappa shape index (κ3) is 23.9. The van der Waals surface area contributed by atoms with E-state index >= 15 is 0 Å². The Kier molecular flexibility index (Phi) is 29.0. The number of hydrogen-bond acceptors (Lipinski definition) is 3. The van der Waals surface area contributed by atoms with E-state index in [0.717, 1.165) is 12.8 Å². The summed E-state index contributed by atoms with van der Waals surface area (Å²) >= 11 is 0. The van der Waals surface area contributed by atoms with Crippen molar-refractivity contribution in [2.75, 3.05) is 0 Å². The number of rotatable bonds is 3. The highest BCUT2D eigenvalue weighted by Gasteiger charge is 2.03. The van der Waals surface area contributed by atoms with Crippen LogP contribution in [0.2, 0.25) is 0 Å². The lowest BCUT2D eigenvalue weighted by atomic mass is 10.0. The van der Waals surface area contributed by atoms with Gasteiger partial charge < -0.3 is 0 Å². The van der Waals surface area contributed by atoms with Gasteiger partial charge in [0.1, 0.15) is 5.78 Å². The van der Waals surface area contributed by atoms with Gasteiger partial charge in [-0.3, -0.25) is 15.3 Å². The summed E-state index contributed by atoms with van der Waals surface area (Å²) in [5.41, 5.74) is 2.68. The van der Waals surface area contributed by atoms with Gasteiger partial charge in [0.05, 0.1) is 0 Å². The lowest BCUT2D eigenvalue weighted by Crippen LogP contribution is -2.04. The molecule has 0 amide bonds. The summed E-state index contributed by atoms with van der Waals surface area (Å²) in [7, 11) is 0. The summed E-state index contributed by atoms with van der Waals surface area (Å²) in [6, 6.07) is 8.45. The Hall–Kier alpha value is -1.19. The molecule has 22 heavy (non-hydrogen) atoms. The fourth-order valence-electron chi connectivity index (χ4n) is 1.44. The molecule has 2 N–H and O–H groups in total. The van der Waals surface area contributed by atoms with Gasteiger partial charge >= 0.3 is 0 Å². The maximum Gasteiger partial charge on any atom is 0.132 e. The Morgan fingerprint density at radius 1 is 1.14 bits per heavy atom. The topological polar surface area (TPSA) is 57.5 Å². The quantitative estimate of drug-likeness (QED) is 0.486. The van der Waals surface area contributed by atoms with E-state index in [-0.39, 0.29) is 14.8 Å². The number of benzene rings is 1. The van der Waals surface area contributed by atoms with E-state index in [4.69, 9.17) is 10.5 Å². The van der Waals surface area contributed by atoms with Crippen molar-refractivity contribution in [3.05, 3.63) is 35.4 Å². The van der Waals surface area contributed by atoms with Crippen molar-refractivity contribution in [2.45, 2.75) is 75.2 Å². The molecule has 3 heteroatoms. The lowest BCUT2D eigenvalue weighted by molar-refractivity contribution is -0.176. The Bertz CT molecular complexity index is 324. The highest BCUT2D eigenvalue weighted by molar-refractivity contribution is 5.77. The smallest absolute Gasteiger partial charge is 0.132 e. The van der Waals surface area contributed by atoms with Gasteiger partial charge in [0, 0.05) is 7.34 Å². The van der Waals surface area contributed by atoms with Crippen LogP contribution in [0.3, 0.4) is 0 Å². The normalized spacial score (nSPS) is 9.32. The molecule has 0 spiro atoms. The first-order chi connectivity index (χ1) is 9.88. The largest absolute Gasteiger partial charge is 0.300 e. The van der Waals surface area contributed by atoms with Crippen molar-refractivity contribution in [2.24, 2.45) is 5.92 Å². The molecule has 1 rings (SSSR count). The van der Waals surface area contributed by atoms with Crippen LogP contribution >= 0.6 is 0 Å². The molecule has 0 saturated heterocycles. The van der Waals surface area contributed by atoms with Gasteiger partial charge in [0.2, 0.25) is 0 Å². The van der Waals surface area contributed by atoms with Gasteiger partial charge in [-0.2, -0.15) is 0 Å². The summed E-state index contributed by atoms with van der Waals surface area (Å²) in [5.74, 6) is 0.590. The van der Waals surface area contributed by atoms with E-state index in [1.807, 2.05) is 6.92 Å². The van der Waals surface area contributed by atoms with Gasteiger partial charge in [0.15, 0.2) is 0 Å². The molecule has 1 aromatic carbocycles. The average molecular weight is 317 g/mol. The molecule has 3 nitrogen and oxygen atoms in total. The van der Waals surface area contributed by atoms with Crippen LogP contribution in [0, 0.1) is 19.8 Å². The zero-order valence-corrected chi connectivity index (χ0v) is 14.8. The molecule has 0 aromatic heterocycles. The molecule has 0 radical (unpaired) electrons. The van der Waals surface area contributed by atoms with E-state index in [1.165, 1.54) is 17.5 Å². The maximum atomic E-state index is 10.5. The number of ketones is 1. The fourth-order valence-corrected chi connectivity index (χ4v) is 1.44. The van der Waals surface area contributed by atoms with Gasteiger partial charge in [-0.1, -0.05) is 83.4 Å². The second-order valence-corrected chi connectivity index (χ2v) is 5.17. The summed E-state index contributed by atoms with van der Waals surface area (Å²) in [6.07, 6.45) is 3.40. The zero-order chi connectivity index (χ0) is 17.3. The first kappa shape index (κ1) is 28.9. The summed E-state index contributed by atoms with van der Waals surface area (Å²) in [4.78, 5) is 10.5. The predicted molar refractivity (Wildman–Crippen MR) is 101 cm³/mol. The van der Waals surface area contributed by atoms with Crippen molar-refractivity contribution in [1.82, 2.24) is 0 Å². The van der Waals surface area contributed by atoms with E-state index in [9.17, 15) is 4.79 Å². The Labute approximate surface area is 139 Å². The molecule has 134 valence electrons. The number of hydrogen-bond donors (Lipinski definition) is 2. The molecular weight excluding hydrogens is 276 g/mol. The molecule has 0 aliphatic heterocycles. The van der Waals surface area contributed by atoms with Crippen molar-refractivity contribution >= 4 is 5.78 Å². The van der Waals surface area contributed by atoms with Crippen molar-refractivity contribution in [3.8, 4) is 0 Å². The second-order valence-electron chi connectivity index (χ2n) is 5.17. The van der Waals surface area contributed by atoms with E-state index in [0.29, 0.717) is 5.78 Å². The third-order valence-electron chi connectivity index (χ3n) is 2.59.